The second-order valence-corrected chi connectivity index (χ2v) is 6.09. The number of nitrogens with zero attached hydrogens (tertiary/aromatic N) is 1. The summed E-state index contributed by atoms with van der Waals surface area (Å²) >= 11 is 0. The van der Waals surface area contributed by atoms with E-state index < -0.39 is 24.1 Å². The first-order chi connectivity index (χ1) is 9.56. The van der Waals surface area contributed by atoms with E-state index in [9.17, 15) is 14.4 Å². The van der Waals surface area contributed by atoms with Gasteiger partial charge < -0.3 is 20.6 Å². The number of aliphatic carboxylic acids is 1. The van der Waals surface area contributed by atoms with Crippen molar-refractivity contribution >= 4 is 17.9 Å². The van der Waals surface area contributed by atoms with Gasteiger partial charge in [0.25, 0.3) is 0 Å². The lowest BCUT2D eigenvalue weighted by molar-refractivity contribution is -0.139. The molecule has 0 fully saturated rings. The summed E-state index contributed by atoms with van der Waals surface area (Å²) in [5, 5.41) is 14.1. The van der Waals surface area contributed by atoms with Crippen LogP contribution in [0.25, 0.3) is 0 Å². The second-order valence-electron chi connectivity index (χ2n) is 6.09. The molecule has 3 amide bonds. The maximum atomic E-state index is 12.0. The van der Waals surface area contributed by atoms with Crippen molar-refractivity contribution in [3.8, 4) is 0 Å². The van der Waals surface area contributed by atoms with Crippen LogP contribution in [0.15, 0.2) is 0 Å². The van der Waals surface area contributed by atoms with Crippen molar-refractivity contribution < 1.29 is 19.5 Å². The Bertz CT molecular complexity index is 380. The molecular formula is C14H27N3O4. The monoisotopic (exact) mass is 301 g/mol. The summed E-state index contributed by atoms with van der Waals surface area (Å²) in [4.78, 5) is 36.4. The maximum Gasteiger partial charge on any atom is 0.326 e. The van der Waals surface area contributed by atoms with Crippen molar-refractivity contribution in [3.63, 3.8) is 0 Å². The Hall–Kier alpha value is -1.79. The van der Waals surface area contributed by atoms with Crippen molar-refractivity contribution in [2.75, 3.05) is 14.1 Å². The molecule has 0 aliphatic heterocycles. The highest BCUT2D eigenvalue weighted by Crippen LogP contribution is 2.07. The fourth-order valence-corrected chi connectivity index (χ4v) is 1.83. The number of rotatable bonds is 7. The van der Waals surface area contributed by atoms with Crippen molar-refractivity contribution in [3.05, 3.63) is 0 Å². The van der Waals surface area contributed by atoms with Gasteiger partial charge in [-0.15, -0.1) is 0 Å². The van der Waals surface area contributed by atoms with Crippen LogP contribution in [0, 0.1) is 11.8 Å². The van der Waals surface area contributed by atoms with E-state index in [1.807, 2.05) is 27.7 Å². The number of carboxylic acid groups (broad SMARTS) is 1. The standard InChI is InChI=1S/C14H27N3O4/c1-8(2)7-10(13(19)20)15-14(21)16-11(9(3)4)12(18)17(5)6/h8-11H,7H2,1-6H3,(H,19,20)(H2,15,16,21)/t10-,11-/m0/s1. The van der Waals surface area contributed by atoms with Crippen LogP contribution >= 0.6 is 0 Å². The average Bonchev–Trinajstić information content (AvgIpc) is 2.33. The first kappa shape index (κ1) is 19.2. The van der Waals surface area contributed by atoms with Gasteiger partial charge in [0.1, 0.15) is 12.1 Å². The minimum absolute atomic E-state index is 0.0981. The Morgan fingerprint density at radius 1 is 1.05 bits per heavy atom. The van der Waals surface area contributed by atoms with E-state index >= 15 is 0 Å². The first-order valence-electron chi connectivity index (χ1n) is 7.07. The summed E-state index contributed by atoms with van der Waals surface area (Å²) < 4.78 is 0. The fourth-order valence-electron chi connectivity index (χ4n) is 1.83. The molecule has 21 heavy (non-hydrogen) atoms. The van der Waals surface area contributed by atoms with Crippen molar-refractivity contribution in [1.82, 2.24) is 15.5 Å². The third kappa shape index (κ3) is 6.97. The molecule has 0 bridgehead atoms. The third-order valence-electron chi connectivity index (χ3n) is 2.97. The first-order valence-corrected chi connectivity index (χ1v) is 7.07. The molecule has 2 atom stereocenters. The number of hydrogen-bond acceptors (Lipinski definition) is 3. The Kier molecular flexibility index (Phi) is 7.76. The van der Waals surface area contributed by atoms with Gasteiger partial charge in [0.15, 0.2) is 0 Å². The lowest BCUT2D eigenvalue weighted by atomic mass is 10.0. The predicted octanol–water partition coefficient (Wildman–Crippen LogP) is 0.898. The Balaban J connectivity index is 4.76. The zero-order valence-corrected chi connectivity index (χ0v) is 13.6. The zero-order valence-electron chi connectivity index (χ0n) is 13.6. The molecule has 0 aromatic carbocycles. The summed E-state index contributed by atoms with van der Waals surface area (Å²) in [7, 11) is 3.21. The van der Waals surface area contributed by atoms with Crippen molar-refractivity contribution in [1.29, 1.82) is 0 Å². The lowest BCUT2D eigenvalue weighted by Gasteiger charge is -2.26. The van der Waals surface area contributed by atoms with Crippen molar-refractivity contribution in [2.24, 2.45) is 11.8 Å². The summed E-state index contributed by atoms with van der Waals surface area (Å²) in [5.74, 6) is -1.27. The van der Waals surface area contributed by atoms with Crippen LogP contribution in [0.5, 0.6) is 0 Å². The van der Waals surface area contributed by atoms with E-state index in [0.29, 0.717) is 6.42 Å². The molecule has 0 aromatic rings. The van der Waals surface area contributed by atoms with Gasteiger partial charge in [0, 0.05) is 14.1 Å². The van der Waals surface area contributed by atoms with E-state index in [0.717, 1.165) is 0 Å². The molecule has 0 saturated carbocycles. The SMILES string of the molecule is CC(C)C[C@H](NC(=O)N[C@H](C(=O)N(C)C)C(C)C)C(=O)O. The molecule has 7 nitrogen and oxygen atoms in total. The van der Waals surface area contributed by atoms with Gasteiger partial charge in [0.05, 0.1) is 0 Å². The highest BCUT2D eigenvalue weighted by molar-refractivity contribution is 5.88. The topological polar surface area (TPSA) is 98.7 Å². The smallest absolute Gasteiger partial charge is 0.326 e. The van der Waals surface area contributed by atoms with Gasteiger partial charge in [-0.25, -0.2) is 9.59 Å². The fraction of sp³-hybridized carbons (Fsp3) is 0.786. The number of hydrogen-bond donors (Lipinski definition) is 3. The Morgan fingerprint density at radius 2 is 1.57 bits per heavy atom. The van der Waals surface area contributed by atoms with Crippen LogP contribution in [0.1, 0.15) is 34.1 Å². The highest BCUT2D eigenvalue weighted by Gasteiger charge is 2.27. The number of carbonyl (C=O) groups is 3. The summed E-state index contributed by atoms with van der Waals surface area (Å²) in [6.45, 7) is 7.38. The molecule has 0 spiro atoms. The zero-order chi connectivity index (χ0) is 16.7. The van der Waals surface area contributed by atoms with Gasteiger partial charge >= 0.3 is 12.0 Å². The summed E-state index contributed by atoms with van der Waals surface area (Å²) in [6, 6.07) is -2.29. The van der Waals surface area contributed by atoms with Crippen LogP contribution in [0.3, 0.4) is 0 Å². The van der Waals surface area contributed by atoms with Gasteiger partial charge in [0.2, 0.25) is 5.91 Å². The van der Waals surface area contributed by atoms with Crippen LogP contribution in [0.4, 0.5) is 4.79 Å². The lowest BCUT2D eigenvalue weighted by Crippen LogP contribution is -2.55. The summed E-state index contributed by atoms with van der Waals surface area (Å²) in [5.41, 5.74) is 0. The van der Waals surface area contributed by atoms with Crippen LogP contribution in [-0.4, -0.2) is 54.1 Å². The number of urea groups is 1. The van der Waals surface area contributed by atoms with Crippen LogP contribution in [-0.2, 0) is 9.59 Å². The summed E-state index contributed by atoms with van der Waals surface area (Å²) in [6.07, 6.45) is 0.330. The van der Waals surface area contributed by atoms with Gasteiger partial charge in [-0.1, -0.05) is 27.7 Å². The second kappa shape index (κ2) is 8.49. The molecule has 0 aromatic heterocycles. The van der Waals surface area contributed by atoms with Gasteiger partial charge in [-0.2, -0.15) is 0 Å². The van der Waals surface area contributed by atoms with E-state index in [4.69, 9.17) is 5.11 Å². The average molecular weight is 301 g/mol. The molecule has 0 heterocycles. The maximum absolute atomic E-state index is 12.0. The number of carboxylic acids is 1. The Labute approximate surface area is 126 Å². The number of nitrogens with one attached hydrogen (secondary N) is 2. The number of likely N-dealkylation sites (N-methyl/N-ethyl adjacent to an activating group) is 1. The molecule has 0 aliphatic rings. The third-order valence-corrected chi connectivity index (χ3v) is 2.97. The van der Waals surface area contributed by atoms with E-state index in [-0.39, 0.29) is 17.7 Å². The molecule has 0 unspecified atom stereocenters. The molecule has 0 saturated heterocycles. The molecular weight excluding hydrogens is 274 g/mol. The predicted molar refractivity (Wildman–Crippen MR) is 79.9 cm³/mol. The molecule has 0 rings (SSSR count). The molecule has 122 valence electrons. The van der Waals surface area contributed by atoms with Crippen LogP contribution in [0.2, 0.25) is 0 Å². The largest absolute Gasteiger partial charge is 0.480 e. The minimum atomic E-state index is -1.08. The number of carbonyl (C=O) groups excluding carboxylic acids is 2. The normalized spacial score (nSPS) is 13.7. The highest BCUT2D eigenvalue weighted by atomic mass is 16.4. The quantitative estimate of drug-likeness (QED) is 0.650. The van der Waals surface area contributed by atoms with E-state index in [1.54, 1.807) is 14.1 Å². The molecule has 0 radical (unpaired) electrons. The van der Waals surface area contributed by atoms with Crippen LogP contribution < -0.4 is 10.6 Å². The van der Waals surface area contributed by atoms with Gasteiger partial charge in [-0.05, 0) is 18.3 Å². The Morgan fingerprint density at radius 3 is 1.90 bits per heavy atom. The van der Waals surface area contributed by atoms with Crippen molar-refractivity contribution in [2.45, 2.75) is 46.2 Å². The minimum Gasteiger partial charge on any atom is -0.480 e. The van der Waals surface area contributed by atoms with E-state index in [1.165, 1.54) is 4.90 Å². The van der Waals surface area contributed by atoms with Gasteiger partial charge in [-0.3, -0.25) is 4.79 Å². The number of amides is 3. The molecule has 7 heteroatoms. The molecule has 0 aliphatic carbocycles. The molecule has 3 N–H and O–H groups in total. The van der Waals surface area contributed by atoms with E-state index in [2.05, 4.69) is 10.6 Å².